The van der Waals surface area contributed by atoms with Gasteiger partial charge in [0.1, 0.15) is 0 Å². The molecule has 0 heterocycles. The van der Waals surface area contributed by atoms with Crippen molar-refractivity contribution in [3.63, 3.8) is 0 Å². The molecule has 0 atom stereocenters. The summed E-state index contributed by atoms with van der Waals surface area (Å²) >= 11 is 0. The van der Waals surface area contributed by atoms with E-state index in [-0.39, 0.29) is 6.42 Å². The fourth-order valence-corrected chi connectivity index (χ4v) is 1.22. The molecule has 0 aliphatic carbocycles. The van der Waals surface area contributed by atoms with Gasteiger partial charge in [0.15, 0.2) is 0 Å². The van der Waals surface area contributed by atoms with Gasteiger partial charge in [0.05, 0.1) is 6.61 Å². The second kappa shape index (κ2) is 8.97. The zero-order valence-electron chi connectivity index (χ0n) is 9.16. The summed E-state index contributed by atoms with van der Waals surface area (Å²) in [6.45, 7) is 8.21. The molecule has 1 N–H and O–H groups in total. The number of carboxylic acids is 1. The molecule has 0 aromatic rings. The van der Waals surface area contributed by atoms with E-state index in [0.717, 1.165) is 39.3 Å². The van der Waals surface area contributed by atoms with Crippen LogP contribution in [0.2, 0.25) is 0 Å². The van der Waals surface area contributed by atoms with E-state index in [9.17, 15) is 4.79 Å². The predicted octanol–water partition coefficient (Wildman–Crippen LogP) is 1.21. The first-order valence-electron chi connectivity index (χ1n) is 5.22. The lowest BCUT2D eigenvalue weighted by atomic mass is 10.3. The number of ether oxygens (including phenoxy) is 1. The molecule has 0 saturated carbocycles. The quantitative estimate of drug-likeness (QED) is 0.572. The minimum Gasteiger partial charge on any atom is -0.481 e. The Morgan fingerprint density at radius 1 is 1.36 bits per heavy atom. The number of rotatable bonds is 9. The van der Waals surface area contributed by atoms with Gasteiger partial charge in [-0.25, -0.2) is 0 Å². The van der Waals surface area contributed by atoms with Crippen LogP contribution in [0, 0.1) is 0 Å². The molecule has 4 heteroatoms. The molecule has 0 fully saturated rings. The third-order valence-electron chi connectivity index (χ3n) is 2.07. The highest BCUT2D eigenvalue weighted by atomic mass is 16.5. The topological polar surface area (TPSA) is 49.8 Å². The van der Waals surface area contributed by atoms with E-state index in [2.05, 4.69) is 11.8 Å². The van der Waals surface area contributed by atoms with Crippen molar-refractivity contribution in [2.24, 2.45) is 0 Å². The van der Waals surface area contributed by atoms with Gasteiger partial charge in [-0.05, 0) is 26.4 Å². The first-order chi connectivity index (χ1) is 6.70. The van der Waals surface area contributed by atoms with Crippen LogP contribution in [0.3, 0.4) is 0 Å². The van der Waals surface area contributed by atoms with Gasteiger partial charge in [-0.2, -0.15) is 0 Å². The Labute approximate surface area is 85.9 Å². The van der Waals surface area contributed by atoms with Gasteiger partial charge in [-0.1, -0.05) is 6.92 Å². The highest BCUT2D eigenvalue weighted by molar-refractivity contribution is 5.66. The molecule has 0 aromatic heterocycles. The van der Waals surface area contributed by atoms with Crippen LogP contribution >= 0.6 is 0 Å². The largest absolute Gasteiger partial charge is 0.481 e. The lowest BCUT2D eigenvalue weighted by Crippen LogP contribution is -2.28. The number of aliphatic carboxylic acids is 1. The summed E-state index contributed by atoms with van der Waals surface area (Å²) in [5.74, 6) is -0.717. The van der Waals surface area contributed by atoms with Gasteiger partial charge in [-0.15, -0.1) is 0 Å². The maximum atomic E-state index is 10.3. The fourth-order valence-electron chi connectivity index (χ4n) is 1.22. The maximum absolute atomic E-state index is 10.3. The number of hydrogen-bond acceptors (Lipinski definition) is 3. The number of likely N-dealkylation sites (N-methyl/N-ethyl adjacent to an activating group) is 1. The Kier molecular flexibility index (Phi) is 8.57. The van der Waals surface area contributed by atoms with E-state index in [1.54, 1.807) is 0 Å². The highest BCUT2D eigenvalue weighted by Crippen LogP contribution is 1.95. The minimum atomic E-state index is -0.717. The van der Waals surface area contributed by atoms with E-state index in [0.29, 0.717) is 0 Å². The van der Waals surface area contributed by atoms with Crippen molar-refractivity contribution >= 4 is 5.97 Å². The van der Waals surface area contributed by atoms with Crippen LogP contribution in [-0.2, 0) is 9.53 Å². The van der Waals surface area contributed by atoms with Crippen LogP contribution in [0.5, 0.6) is 0 Å². The lowest BCUT2D eigenvalue weighted by molar-refractivity contribution is -0.137. The fraction of sp³-hybridized carbons (Fsp3) is 0.900. The summed E-state index contributed by atoms with van der Waals surface area (Å²) < 4.78 is 5.24. The van der Waals surface area contributed by atoms with Crippen molar-refractivity contribution < 1.29 is 14.6 Å². The predicted molar refractivity (Wildman–Crippen MR) is 55.5 cm³/mol. The van der Waals surface area contributed by atoms with Crippen molar-refractivity contribution in [1.82, 2.24) is 4.90 Å². The molecule has 0 unspecified atom stereocenters. The Balaban J connectivity index is 3.42. The van der Waals surface area contributed by atoms with Gasteiger partial charge < -0.3 is 14.7 Å². The molecule has 0 bridgehead atoms. The molecule has 0 aliphatic heterocycles. The van der Waals surface area contributed by atoms with E-state index >= 15 is 0 Å². The molecule has 0 rings (SSSR count). The molecule has 84 valence electrons. The van der Waals surface area contributed by atoms with Crippen LogP contribution in [-0.4, -0.2) is 48.8 Å². The summed E-state index contributed by atoms with van der Waals surface area (Å²) in [6.07, 6.45) is 0.973. The third kappa shape index (κ3) is 8.01. The molecule has 0 spiro atoms. The van der Waals surface area contributed by atoms with Crippen LogP contribution < -0.4 is 0 Å². The molecule has 0 saturated heterocycles. The van der Waals surface area contributed by atoms with Crippen molar-refractivity contribution in [3.8, 4) is 0 Å². The van der Waals surface area contributed by atoms with Gasteiger partial charge >= 0.3 is 5.97 Å². The molecule has 14 heavy (non-hydrogen) atoms. The average molecular weight is 203 g/mol. The highest BCUT2D eigenvalue weighted by Gasteiger charge is 2.03. The van der Waals surface area contributed by atoms with E-state index in [1.165, 1.54) is 0 Å². The molecule has 0 amide bonds. The second-order valence-electron chi connectivity index (χ2n) is 3.13. The SMILES string of the molecule is CCOCCN(CC)CCCC(=O)O. The average Bonchev–Trinajstić information content (AvgIpc) is 2.15. The number of nitrogens with zero attached hydrogens (tertiary/aromatic N) is 1. The van der Waals surface area contributed by atoms with E-state index < -0.39 is 5.97 Å². The normalized spacial score (nSPS) is 10.8. The zero-order valence-corrected chi connectivity index (χ0v) is 9.16. The first-order valence-corrected chi connectivity index (χ1v) is 5.22. The van der Waals surface area contributed by atoms with E-state index in [4.69, 9.17) is 9.84 Å². The summed E-state index contributed by atoms with van der Waals surface area (Å²) in [7, 11) is 0. The number of carboxylic acid groups (broad SMARTS) is 1. The third-order valence-corrected chi connectivity index (χ3v) is 2.07. The molecule has 0 radical (unpaired) electrons. The van der Waals surface area contributed by atoms with E-state index in [1.807, 2.05) is 6.92 Å². The molecule has 0 aliphatic rings. The molecular weight excluding hydrogens is 182 g/mol. The van der Waals surface area contributed by atoms with Gasteiger partial charge in [0, 0.05) is 19.6 Å². The summed E-state index contributed by atoms with van der Waals surface area (Å²) in [5, 5.41) is 8.47. The molecule has 4 nitrogen and oxygen atoms in total. The molecule has 0 aromatic carbocycles. The van der Waals surface area contributed by atoms with Crippen LogP contribution in [0.25, 0.3) is 0 Å². The van der Waals surface area contributed by atoms with Gasteiger partial charge in [0.2, 0.25) is 0 Å². The smallest absolute Gasteiger partial charge is 0.303 e. The van der Waals surface area contributed by atoms with Crippen LogP contribution in [0.1, 0.15) is 26.7 Å². The number of hydrogen-bond donors (Lipinski definition) is 1. The summed E-state index contributed by atoms with van der Waals surface area (Å²) in [6, 6.07) is 0. The summed E-state index contributed by atoms with van der Waals surface area (Å²) in [4.78, 5) is 12.5. The van der Waals surface area contributed by atoms with Crippen LogP contribution in [0.15, 0.2) is 0 Å². The van der Waals surface area contributed by atoms with Crippen molar-refractivity contribution in [2.75, 3.05) is 32.8 Å². The Hall–Kier alpha value is -0.610. The Morgan fingerprint density at radius 2 is 2.07 bits per heavy atom. The summed E-state index contributed by atoms with van der Waals surface area (Å²) in [5.41, 5.74) is 0. The van der Waals surface area contributed by atoms with Crippen molar-refractivity contribution in [3.05, 3.63) is 0 Å². The molecular formula is C10H21NO3. The standard InChI is InChI=1S/C10H21NO3/c1-3-11(8-9-14-4-2)7-5-6-10(12)13/h3-9H2,1-2H3,(H,12,13). The Morgan fingerprint density at radius 3 is 2.57 bits per heavy atom. The number of carbonyl (C=O) groups is 1. The van der Waals surface area contributed by atoms with Gasteiger partial charge in [-0.3, -0.25) is 4.79 Å². The van der Waals surface area contributed by atoms with Gasteiger partial charge in [0.25, 0.3) is 0 Å². The monoisotopic (exact) mass is 203 g/mol. The van der Waals surface area contributed by atoms with Crippen molar-refractivity contribution in [2.45, 2.75) is 26.7 Å². The van der Waals surface area contributed by atoms with Crippen molar-refractivity contribution in [1.29, 1.82) is 0 Å². The zero-order chi connectivity index (χ0) is 10.8. The lowest BCUT2D eigenvalue weighted by Gasteiger charge is -2.19. The first kappa shape index (κ1) is 13.4. The van der Waals surface area contributed by atoms with Crippen LogP contribution in [0.4, 0.5) is 0 Å². The maximum Gasteiger partial charge on any atom is 0.303 e. The second-order valence-corrected chi connectivity index (χ2v) is 3.13. The minimum absolute atomic E-state index is 0.255. The Bertz CT molecular complexity index is 150.